The minimum absolute atomic E-state index is 0.0500. The van der Waals surface area contributed by atoms with Gasteiger partial charge in [0.1, 0.15) is 0 Å². The van der Waals surface area contributed by atoms with Gasteiger partial charge >= 0.3 is 12.3 Å². The molecule has 9 heteroatoms. The number of nitrogens with two attached hydrogens (primary N) is 1. The molecule has 26 heavy (non-hydrogen) atoms. The molecule has 1 aromatic carbocycles. The summed E-state index contributed by atoms with van der Waals surface area (Å²) >= 11 is 0. The van der Waals surface area contributed by atoms with Crippen LogP contribution in [0.25, 0.3) is 0 Å². The standard InChI is InChI=1S/C17H23F3N4O2/c18-17(19,20)11-1-2-14(21)15(9-11)22-12-3-6-23(7-4-12)13-5-8-24(10-13)16(25)26/h1-2,9,12-13,22H,3-8,10,21H2,(H,25,26). The average Bonchev–Trinajstić information content (AvgIpc) is 3.07. The molecule has 6 nitrogen and oxygen atoms in total. The molecular weight excluding hydrogens is 349 g/mol. The molecule has 0 bridgehead atoms. The molecule has 1 atom stereocenters. The Hall–Kier alpha value is -2.16. The van der Waals surface area contributed by atoms with Crippen molar-refractivity contribution in [2.24, 2.45) is 0 Å². The quantitative estimate of drug-likeness (QED) is 0.711. The number of hydrogen-bond donors (Lipinski definition) is 3. The highest BCUT2D eigenvalue weighted by molar-refractivity contribution is 5.67. The first-order chi connectivity index (χ1) is 12.2. The number of nitrogens with zero attached hydrogens (tertiary/aromatic N) is 2. The number of alkyl halides is 3. The second-order valence-electron chi connectivity index (χ2n) is 6.93. The Morgan fingerprint density at radius 2 is 1.88 bits per heavy atom. The van der Waals surface area contributed by atoms with Crippen LogP contribution >= 0.6 is 0 Å². The van der Waals surface area contributed by atoms with Gasteiger partial charge in [-0.1, -0.05) is 0 Å². The predicted octanol–water partition coefficient (Wildman–Crippen LogP) is 2.92. The fourth-order valence-electron chi connectivity index (χ4n) is 3.70. The van der Waals surface area contributed by atoms with Gasteiger partial charge in [0.05, 0.1) is 16.9 Å². The number of rotatable bonds is 3. The molecule has 2 saturated heterocycles. The molecule has 0 saturated carbocycles. The summed E-state index contributed by atoms with van der Waals surface area (Å²) in [6.45, 7) is 2.65. The number of likely N-dealkylation sites (tertiary alicyclic amines) is 2. The topological polar surface area (TPSA) is 81.8 Å². The first-order valence-electron chi connectivity index (χ1n) is 8.69. The Morgan fingerprint density at radius 1 is 1.19 bits per heavy atom. The Bertz CT molecular complexity index is 660. The van der Waals surface area contributed by atoms with Crippen LogP contribution < -0.4 is 11.1 Å². The fraction of sp³-hybridized carbons (Fsp3) is 0.588. The first-order valence-corrected chi connectivity index (χ1v) is 8.69. The normalized spacial score (nSPS) is 22.6. The molecule has 0 radical (unpaired) electrons. The molecule has 1 unspecified atom stereocenters. The Labute approximate surface area is 149 Å². The monoisotopic (exact) mass is 372 g/mol. The maximum Gasteiger partial charge on any atom is 0.416 e. The zero-order valence-electron chi connectivity index (χ0n) is 14.3. The van der Waals surface area contributed by atoms with Crippen LogP contribution in [0.4, 0.5) is 29.3 Å². The van der Waals surface area contributed by atoms with Gasteiger partial charge < -0.3 is 21.1 Å². The van der Waals surface area contributed by atoms with Crippen LogP contribution in [0.3, 0.4) is 0 Å². The summed E-state index contributed by atoms with van der Waals surface area (Å²) in [6, 6.07) is 3.60. The van der Waals surface area contributed by atoms with Crippen LogP contribution in [-0.2, 0) is 6.18 Å². The lowest BCUT2D eigenvalue weighted by molar-refractivity contribution is -0.137. The summed E-state index contributed by atoms with van der Waals surface area (Å²) in [7, 11) is 0. The summed E-state index contributed by atoms with van der Waals surface area (Å²) < 4.78 is 38.6. The Kier molecular flexibility index (Phi) is 5.17. The lowest BCUT2D eigenvalue weighted by Gasteiger charge is -2.36. The maximum absolute atomic E-state index is 12.9. The molecule has 2 fully saturated rings. The number of amides is 1. The zero-order valence-corrected chi connectivity index (χ0v) is 14.3. The molecule has 1 aromatic rings. The zero-order chi connectivity index (χ0) is 18.9. The molecule has 0 aliphatic carbocycles. The van der Waals surface area contributed by atoms with E-state index < -0.39 is 17.8 Å². The average molecular weight is 372 g/mol. The van der Waals surface area contributed by atoms with Gasteiger partial charge in [0, 0.05) is 38.3 Å². The van der Waals surface area contributed by atoms with Gasteiger partial charge in [-0.05, 0) is 37.5 Å². The minimum Gasteiger partial charge on any atom is -0.465 e. The van der Waals surface area contributed by atoms with Crippen molar-refractivity contribution in [2.45, 2.75) is 37.5 Å². The molecule has 4 N–H and O–H groups in total. The van der Waals surface area contributed by atoms with Crippen LogP contribution in [0.2, 0.25) is 0 Å². The largest absolute Gasteiger partial charge is 0.465 e. The number of carbonyl (C=O) groups is 1. The highest BCUT2D eigenvalue weighted by Gasteiger charge is 2.33. The third-order valence-electron chi connectivity index (χ3n) is 5.22. The number of piperidine rings is 1. The van der Waals surface area contributed by atoms with E-state index in [0.717, 1.165) is 44.5 Å². The maximum atomic E-state index is 12.9. The molecule has 0 spiro atoms. The van der Waals surface area contributed by atoms with Gasteiger partial charge in [0.25, 0.3) is 0 Å². The van der Waals surface area contributed by atoms with Crippen molar-refractivity contribution in [2.75, 3.05) is 37.2 Å². The van der Waals surface area contributed by atoms with Crippen molar-refractivity contribution in [3.05, 3.63) is 23.8 Å². The molecule has 1 amide bonds. The molecular formula is C17H23F3N4O2. The highest BCUT2D eigenvalue weighted by Crippen LogP contribution is 2.34. The smallest absolute Gasteiger partial charge is 0.416 e. The van der Waals surface area contributed by atoms with Crippen molar-refractivity contribution < 1.29 is 23.1 Å². The summed E-state index contributed by atoms with van der Waals surface area (Å²) in [5.74, 6) is 0. The molecule has 2 heterocycles. The van der Waals surface area contributed by atoms with E-state index in [1.807, 2.05) is 0 Å². The van der Waals surface area contributed by atoms with Crippen LogP contribution in [0.1, 0.15) is 24.8 Å². The van der Waals surface area contributed by atoms with Gasteiger partial charge in [-0.3, -0.25) is 4.90 Å². The van der Waals surface area contributed by atoms with Gasteiger partial charge in [-0.2, -0.15) is 13.2 Å². The van der Waals surface area contributed by atoms with Crippen molar-refractivity contribution in [1.29, 1.82) is 0 Å². The first kappa shape index (κ1) is 18.6. The van der Waals surface area contributed by atoms with E-state index in [-0.39, 0.29) is 12.1 Å². The fourth-order valence-corrected chi connectivity index (χ4v) is 3.70. The summed E-state index contributed by atoms with van der Waals surface area (Å²) in [4.78, 5) is 14.7. The van der Waals surface area contributed by atoms with Crippen LogP contribution in [0.5, 0.6) is 0 Å². The van der Waals surface area contributed by atoms with Gasteiger partial charge in [0.2, 0.25) is 0 Å². The molecule has 0 aromatic heterocycles. The van der Waals surface area contributed by atoms with Crippen molar-refractivity contribution in [3.8, 4) is 0 Å². The van der Waals surface area contributed by atoms with E-state index in [1.54, 1.807) is 0 Å². The van der Waals surface area contributed by atoms with Crippen LogP contribution in [0, 0.1) is 0 Å². The molecule has 144 valence electrons. The highest BCUT2D eigenvalue weighted by atomic mass is 19.4. The van der Waals surface area contributed by atoms with Crippen molar-refractivity contribution in [3.63, 3.8) is 0 Å². The van der Waals surface area contributed by atoms with E-state index in [1.165, 1.54) is 11.0 Å². The summed E-state index contributed by atoms with van der Waals surface area (Å²) in [6.07, 6.45) is -2.90. The van der Waals surface area contributed by atoms with Gasteiger partial charge in [-0.25, -0.2) is 4.79 Å². The number of hydrogen-bond acceptors (Lipinski definition) is 4. The van der Waals surface area contributed by atoms with E-state index >= 15 is 0 Å². The third kappa shape index (κ3) is 4.14. The second kappa shape index (κ2) is 7.22. The van der Waals surface area contributed by atoms with E-state index in [4.69, 9.17) is 10.8 Å². The van der Waals surface area contributed by atoms with Gasteiger partial charge in [0.15, 0.2) is 0 Å². The molecule has 2 aliphatic rings. The number of anilines is 2. The van der Waals surface area contributed by atoms with Crippen molar-refractivity contribution in [1.82, 2.24) is 9.80 Å². The minimum atomic E-state index is -4.40. The Balaban J connectivity index is 1.55. The van der Waals surface area contributed by atoms with E-state index in [0.29, 0.717) is 24.5 Å². The van der Waals surface area contributed by atoms with E-state index in [9.17, 15) is 18.0 Å². The number of nitrogen functional groups attached to an aromatic ring is 1. The van der Waals surface area contributed by atoms with Gasteiger partial charge in [-0.15, -0.1) is 0 Å². The SMILES string of the molecule is Nc1ccc(C(F)(F)F)cc1NC1CCN(C2CCN(C(=O)O)C2)CC1. The molecule has 2 aliphatic heterocycles. The number of nitrogens with one attached hydrogen (secondary N) is 1. The van der Waals surface area contributed by atoms with Crippen molar-refractivity contribution >= 4 is 17.5 Å². The molecule has 3 rings (SSSR count). The predicted molar refractivity (Wildman–Crippen MR) is 92.1 cm³/mol. The second-order valence-corrected chi connectivity index (χ2v) is 6.93. The number of carboxylic acid groups (broad SMARTS) is 1. The summed E-state index contributed by atoms with van der Waals surface area (Å²) in [5, 5.41) is 12.2. The van der Waals surface area contributed by atoms with Crippen LogP contribution in [-0.4, -0.2) is 59.3 Å². The third-order valence-corrected chi connectivity index (χ3v) is 5.22. The lowest BCUT2D eigenvalue weighted by Crippen LogP contribution is -2.46. The number of halogens is 3. The van der Waals surface area contributed by atoms with Crippen LogP contribution in [0.15, 0.2) is 18.2 Å². The summed E-state index contributed by atoms with van der Waals surface area (Å²) in [5.41, 5.74) is 5.72. The lowest BCUT2D eigenvalue weighted by atomic mass is 10.0. The Morgan fingerprint density at radius 3 is 2.46 bits per heavy atom. The number of benzene rings is 1. The van der Waals surface area contributed by atoms with E-state index in [2.05, 4.69) is 10.2 Å².